The van der Waals surface area contributed by atoms with Crippen molar-refractivity contribution < 1.29 is 27.1 Å². The van der Waals surface area contributed by atoms with Crippen LogP contribution < -0.4 is 5.32 Å². The summed E-state index contributed by atoms with van der Waals surface area (Å²) in [5.74, 6) is -0.207. The number of hydrogen-bond donors (Lipinski definition) is 1. The molecule has 0 saturated carbocycles. The number of carbonyl (C=O) groups excluding carboxylic acids is 1. The van der Waals surface area contributed by atoms with Gasteiger partial charge in [0.2, 0.25) is 5.95 Å². The van der Waals surface area contributed by atoms with Crippen LogP contribution >= 0.6 is 11.6 Å². The van der Waals surface area contributed by atoms with Crippen molar-refractivity contribution in [1.29, 1.82) is 0 Å². The SMILES string of the molecule is CC(C)(C)OC(=O)N1CC[C@@H](Nc2ncc(C(F)(F)F)c(Cl)n2)[C@H](F)C1. The number of ether oxygens (including phenoxy) is 1. The molecule has 0 bridgehead atoms. The molecule has 0 spiro atoms. The maximum atomic E-state index is 14.4. The Kier molecular flexibility index (Phi) is 5.84. The molecule has 2 atom stereocenters. The van der Waals surface area contributed by atoms with Crippen molar-refractivity contribution in [3.8, 4) is 0 Å². The van der Waals surface area contributed by atoms with Crippen LogP contribution in [-0.4, -0.2) is 51.9 Å². The van der Waals surface area contributed by atoms with E-state index in [1.165, 1.54) is 4.90 Å². The summed E-state index contributed by atoms with van der Waals surface area (Å²) in [5.41, 5.74) is -1.86. The molecular formula is C15H19ClF4N4O2. The molecule has 0 radical (unpaired) electrons. The Balaban J connectivity index is 1.98. The molecule has 1 aliphatic rings. The fourth-order valence-electron chi connectivity index (χ4n) is 2.35. The summed E-state index contributed by atoms with van der Waals surface area (Å²) in [6.07, 6.45) is -6.01. The summed E-state index contributed by atoms with van der Waals surface area (Å²) in [6.45, 7) is 5.13. The molecule has 0 aliphatic carbocycles. The summed E-state index contributed by atoms with van der Waals surface area (Å²) in [5, 5.41) is 1.86. The molecule has 6 nitrogen and oxygen atoms in total. The Morgan fingerprint density at radius 2 is 2.04 bits per heavy atom. The number of aromatic nitrogens is 2. The summed E-state index contributed by atoms with van der Waals surface area (Å²) in [7, 11) is 0. The van der Waals surface area contributed by atoms with Crippen molar-refractivity contribution in [3.05, 3.63) is 16.9 Å². The first-order valence-corrected chi connectivity index (χ1v) is 8.23. The lowest BCUT2D eigenvalue weighted by Crippen LogP contribution is -2.51. The predicted molar refractivity (Wildman–Crippen MR) is 86.8 cm³/mol. The van der Waals surface area contributed by atoms with Crippen molar-refractivity contribution in [3.63, 3.8) is 0 Å². The fourth-order valence-corrected chi connectivity index (χ4v) is 2.58. The molecule has 0 unspecified atom stereocenters. The molecule has 1 N–H and O–H groups in total. The van der Waals surface area contributed by atoms with Crippen molar-refractivity contribution in [1.82, 2.24) is 14.9 Å². The van der Waals surface area contributed by atoms with Crippen molar-refractivity contribution in [2.45, 2.75) is 51.2 Å². The number of likely N-dealkylation sites (tertiary alicyclic amines) is 1. The van der Waals surface area contributed by atoms with Crippen LogP contribution in [0.15, 0.2) is 6.20 Å². The first kappa shape index (κ1) is 20.5. The zero-order valence-corrected chi connectivity index (χ0v) is 15.2. The maximum Gasteiger partial charge on any atom is 0.420 e. The molecule has 11 heteroatoms. The second kappa shape index (κ2) is 7.42. The van der Waals surface area contributed by atoms with E-state index in [4.69, 9.17) is 16.3 Å². The minimum atomic E-state index is -4.67. The molecule has 1 saturated heterocycles. The van der Waals surface area contributed by atoms with Crippen LogP contribution in [0.5, 0.6) is 0 Å². The van der Waals surface area contributed by atoms with Gasteiger partial charge in [-0.15, -0.1) is 0 Å². The van der Waals surface area contributed by atoms with E-state index in [9.17, 15) is 22.4 Å². The van der Waals surface area contributed by atoms with Gasteiger partial charge in [-0.25, -0.2) is 19.2 Å². The molecule has 26 heavy (non-hydrogen) atoms. The van der Waals surface area contributed by atoms with Gasteiger partial charge in [-0.2, -0.15) is 13.2 Å². The van der Waals surface area contributed by atoms with E-state index in [1.54, 1.807) is 20.8 Å². The Morgan fingerprint density at radius 1 is 1.38 bits per heavy atom. The Morgan fingerprint density at radius 3 is 2.54 bits per heavy atom. The van der Waals surface area contributed by atoms with E-state index in [0.29, 0.717) is 6.20 Å². The van der Waals surface area contributed by atoms with Gasteiger partial charge in [0.15, 0.2) is 0 Å². The van der Waals surface area contributed by atoms with Gasteiger partial charge in [-0.3, -0.25) is 0 Å². The van der Waals surface area contributed by atoms with E-state index >= 15 is 0 Å². The zero-order valence-electron chi connectivity index (χ0n) is 14.4. The van der Waals surface area contributed by atoms with Crippen LogP contribution in [0.1, 0.15) is 32.8 Å². The zero-order chi connectivity index (χ0) is 19.7. The molecule has 2 rings (SSSR count). The standard InChI is InChI=1S/C15H19ClF4N4O2/c1-14(2,3)26-13(25)24-5-4-10(9(17)7-24)22-12-21-6-8(11(16)23-12)15(18,19)20/h6,9-10H,4-5,7H2,1-3H3,(H,21,22,23)/t9-,10-/m1/s1. The number of carbonyl (C=O) groups is 1. The van der Waals surface area contributed by atoms with Gasteiger partial charge in [0.25, 0.3) is 0 Å². The topological polar surface area (TPSA) is 67.3 Å². The van der Waals surface area contributed by atoms with Crippen molar-refractivity contribution in [2.75, 3.05) is 18.4 Å². The van der Waals surface area contributed by atoms with E-state index in [2.05, 4.69) is 15.3 Å². The summed E-state index contributed by atoms with van der Waals surface area (Å²) >= 11 is 5.52. The minimum Gasteiger partial charge on any atom is -0.444 e. The van der Waals surface area contributed by atoms with E-state index in [1.807, 2.05) is 0 Å². The molecule has 1 fully saturated rings. The number of piperidine rings is 1. The van der Waals surface area contributed by atoms with Gasteiger partial charge < -0.3 is 15.0 Å². The fraction of sp³-hybridized carbons (Fsp3) is 0.667. The molecule has 1 amide bonds. The number of halogens is 5. The summed E-state index contributed by atoms with van der Waals surface area (Å²) in [4.78, 5) is 20.3. The molecule has 146 valence electrons. The Labute approximate surface area is 152 Å². The molecule has 1 aliphatic heterocycles. The van der Waals surface area contributed by atoms with E-state index < -0.39 is 40.8 Å². The highest BCUT2D eigenvalue weighted by atomic mass is 35.5. The van der Waals surface area contributed by atoms with Gasteiger partial charge in [0, 0.05) is 12.7 Å². The average molecular weight is 399 g/mol. The Hall–Kier alpha value is -1.84. The predicted octanol–water partition coefficient (Wildman–Crippen LogP) is 3.91. The van der Waals surface area contributed by atoms with Crippen molar-refractivity contribution >= 4 is 23.6 Å². The van der Waals surface area contributed by atoms with Crippen molar-refractivity contribution in [2.24, 2.45) is 0 Å². The number of rotatable bonds is 2. The van der Waals surface area contributed by atoms with E-state index in [0.717, 1.165) is 0 Å². The lowest BCUT2D eigenvalue weighted by Gasteiger charge is -2.35. The van der Waals surface area contributed by atoms with Crippen LogP contribution in [0, 0.1) is 0 Å². The highest BCUT2D eigenvalue weighted by molar-refractivity contribution is 6.30. The first-order valence-electron chi connectivity index (χ1n) is 7.85. The van der Waals surface area contributed by atoms with Gasteiger partial charge in [-0.1, -0.05) is 11.6 Å². The normalized spacial score (nSPS) is 21.5. The molecule has 2 heterocycles. The Bertz CT molecular complexity index is 666. The highest BCUT2D eigenvalue weighted by Gasteiger charge is 2.36. The molecular weight excluding hydrogens is 380 g/mol. The first-order chi connectivity index (χ1) is 11.9. The number of nitrogens with zero attached hydrogens (tertiary/aromatic N) is 3. The number of hydrogen-bond acceptors (Lipinski definition) is 5. The minimum absolute atomic E-state index is 0.207. The van der Waals surface area contributed by atoms with Gasteiger partial charge in [-0.05, 0) is 27.2 Å². The monoisotopic (exact) mass is 398 g/mol. The summed E-state index contributed by atoms with van der Waals surface area (Å²) < 4.78 is 57.5. The second-order valence-electron chi connectivity index (χ2n) is 6.88. The molecule has 1 aromatic rings. The maximum absolute atomic E-state index is 14.4. The third-order valence-electron chi connectivity index (χ3n) is 3.56. The third-order valence-corrected chi connectivity index (χ3v) is 3.84. The van der Waals surface area contributed by atoms with Gasteiger partial charge in [0.05, 0.1) is 12.6 Å². The highest BCUT2D eigenvalue weighted by Crippen LogP contribution is 2.33. The number of alkyl halides is 4. The van der Waals surface area contributed by atoms with Crippen LogP contribution in [-0.2, 0) is 10.9 Å². The van der Waals surface area contributed by atoms with Crippen LogP contribution in [0.3, 0.4) is 0 Å². The molecule has 0 aromatic carbocycles. The quantitative estimate of drug-likeness (QED) is 0.604. The van der Waals surface area contributed by atoms with Gasteiger partial charge in [0.1, 0.15) is 22.5 Å². The average Bonchev–Trinajstić information content (AvgIpc) is 2.46. The number of nitrogens with one attached hydrogen (secondary N) is 1. The number of anilines is 1. The van der Waals surface area contributed by atoms with Crippen LogP contribution in [0.25, 0.3) is 0 Å². The van der Waals surface area contributed by atoms with E-state index in [-0.39, 0.29) is 25.5 Å². The lowest BCUT2D eigenvalue weighted by atomic mass is 10.0. The smallest absolute Gasteiger partial charge is 0.420 e. The van der Waals surface area contributed by atoms with Gasteiger partial charge >= 0.3 is 12.3 Å². The molecule has 1 aromatic heterocycles. The second-order valence-corrected chi connectivity index (χ2v) is 7.24. The largest absolute Gasteiger partial charge is 0.444 e. The third kappa shape index (κ3) is 5.33. The van der Waals surface area contributed by atoms with Crippen LogP contribution in [0.4, 0.5) is 28.3 Å². The lowest BCUT2D eigenvalue weighted by molar-refractivity contribution is -0.137. The van der Waals surface area contributed by atoms with Crippen LogP contribution in [0.2, 0.25) is 5.15 Å². The summed E-state index contributed by atoms with van der Waals surface area (Å²) in [6, 6.07) is -0.763. The number of amides is 1.